The molecule has 0 saturated heterocycles. The van der Waals surface area contributed by atoms with Gasteiger partial charge in [-0.05, 0) is 55.8 Å². The van der Waals surface area contributed by atoms with Gasteiger partial charge in [0.15, 0.2) is 0 Å². The van der Waals surface area contributed by atoms with Gasteiger partial charge in [-0.25, -0.2) is 13.2 Å². The van der Waals surface area contributed by atoms with Crippen molar-refractivity contribution >= 4 is 15.9 Å². The van der Waals surface area contributed by atoms with Gasteiger partial charge in [0.25, 0.3) is 0 Å². The first-order chi connectivity index (χ1) is 11.7. The number of urea groups is 1. The number of nitrogens with one attached hydrogen (secondary N) is 2. The molecule has 2 N–H and O–H groups in total. The minimum absolute atomic E-state index is 0.0281. The molecule has 2 saturated carbocycles. The summed E-state index contributed by atoms with van der Waals surface area (Å²) >= 11 is 0. The molecule has 2 amide bonds. The largest absolute Gasteiger partial charge is 0.338 e. The number of carbonyl (C=O) groups excluding carboxylic acids is 1. The van der Waals surface area contributed by atoms with Crippen molar-refractivity contribution in [3.63, 3.8) is 0 Å². The van der Waals surface area contributed by atoms with E-state index in [0.717, 1.165) is 25.3 Å². The highest BCUT2D eigenvalue weighted by Crippen LogP contribution is 2.37. The third-order valence-corrected chi connectivity index (χ3v) is 7.89. The lowest BCUT2D eigenvalue weighted by Crippen LogP contribution is -2.48. The van der Waals surface area contributed by atoms with E-state index in [1.807, 2.05) is 0 Å². The molecule has 0 aromatic rings. The van der Waals surface area contributed by atoms with E-state index in [2.05, 4.69) is 31.4 Å². The molecule has 0 aromatic heterocycles. The number of rotatable bonds is 5. The van der Waals surface area contributed by atoms with Crippen molar-refractivity contribution in [2.75, 3.05) is 12.8 Å². The Bertz CT molecular complexity index is 547. The van der Waals surface area contributed by atoms with Crippen LogP contribution in [0.2, 0.25) is 0 Å². The van der Waals surface area contributed by atoms with Crippen molar-refractivity contribution in [3.8, 4) is 0 Å². The van der Waals surface area contributed by atoms with E-state index >= 15 is 0 Å². The predicted octanol–water partition coefficient (Wildman–Crippen LogP) is 3.35. The van der Waals surface area contributed by atoms with Crippen LogP contribution in [-0.4, -0.2) is 38.5 Å². The van der Waals surface area contributed by atoms with Gasteiger partial charge in [0.2, 0.25) is 0 Å². The van der Waals surface area contributed by atoms with Crippen LogP contribution in [0.3, 0.4) is 0 Å². The lowest BCUT2D eigenvalue weighted by molar-refractivity contribution is 0.142. The number of amides is 2. The summed E-state index contributed by atoms with van der Waals surface area (Å²) in [5, 5.41) is 5.75. The number of sulfone groups is 1. The SMILES string of the molecule is CC1CCC(C(C)C)C(CNC(=O)NC2CCCC(S(C)(=O)=O)C2)C1. The Kier molecular flexibility index (Phi) is 7.18. The maximum Gasteiger partial charge on any atom is 0.315 e. The van der Waals surface area contributed by atoms with E-state index in [9.17, 15) is 13.2 Å². The van der Waals surface area contributed by atoms with Gasteiger partial charge in [-0.1, -0.05) is 33.6 Å². The average Bonchev–Trinajstić information content (AvgIpc) is 2.52. The van der Waals surface area contributed by atoms with Crippen LogP contribution >= 0.6 is 0 Å². The molecule has 0 bridgehead atoms. The molecular weight excluding hydrogens is 336 g/mol. The Morgan fingerprint density at radius 3 is 2.48 bits per heavy atom. The summed E-state index contributed by atoms with van der Waals surface area (Å²) < 4.78 is 23.5. The monoisotopic (exact) mass is 372 g/mol. The minimum Gasteiger partial charge on any atom is -0.338 e. The summed E-state index contributed by atoms with van der Waals surface area (Å²) in [6, 6.07) is -0.167. The Morgan fingerprint density at radius 1 is 1.12 bits per heavy atom. The lowest BCUT2D eigenvalue weighted by Gasteiger charge is -2.37. The molecular formula is C19H36N2O3S. The molecule has 5 nitrogen and oxygen atoms in total. The van der Waals surface area contributed by atoms with Crippen LogP contribution in [-0.2, 0) is 9.84 Å². The van der Waals surface area contributed by atoms with E-state index in [1.165, 1.54) is 25.5 Å². The van der Waals surface area contributed by atoms with Crippen molar-refractivity contribution in [3.05, 3.63) is 0 Å². The maximum atomic E-state index is 12.3. The van der Waals surface area contributed by atoms with Gasteiger partial charge in [-0.15, -0.1) is 0 Å². The molecule has 2 fully saturated rings. The van der Waals surface area contributed by atoms with Gasteiger partial charge in [-0.2, -0.15) is 0 Å². The Morgan fingerprint density at radius 2 is 1.84 bits per heavy atom. The fraction of sp³-hybridized carbons (Fsp3) is 0.947. The first kappa shape index (κ1) is 20.5. The second kappa shape index (κ2) is 8.74. The summed E-state index contributed by atoms with van der Waals surface area (Å²) in [6.07, 6.45) is 8.02. The zero-order valence-corrected chi connectivity index (χ0v) is 17.1. The van der Waals surface area contributed by atoms with Crippen molar-refractivity contribution in [1.29, 1.82) is 0 Å². The van der Waals surface area contributed by atoms with Crippen molar-refractivity contribution in [2.45, 2.75) is 77.0 Å². The van der Waals surface area contributed by atoms with Gasteiger partial charge in [-0.3, -0.25) is 0 Å². The molecule has 0 heterocycles. The van der Waals surface area contributed by atoms with Crippen LogP contribution in [0.1, 0.15) is 65.7 Å². The first-order valence-electron chi connectivity index (χ1n) is 9.90. The third-order valence-electron chi connectivity index (χ3n) is 6.25. The Labute approximate surface area is 153 Å². The van der Waals surface area contributed by atoms with Crippen LogP contribution in [0.25, 0.3) is 0 Å². The Balaban J connectivity index is 1.81. The van der Waals surface area contributed by atoms with Crippen molar-refractivity contribution in [1.82, 2.24) is 10.6 Å². The molecule has 0 spiro atoms. The van der Waals surface area contributed by atoms with Crippen molar-refractivity contribution in [2.24, 2.45) is 23.7 Å². The summed E-state index contributed by atoms with van der Waals surface area (Å²) in [4.78, 5) is 12.3. The normalized spacial score (nSPS) is 33.9. The number of hydrogen-bond acceptors (Lipinski definition) is 3. The Hall–Kier alpha value is -0.780. The molecule has 0 aliphatic heterocycles. The molecule has 5 atom stereocenters. The molecule has 2 rings (SSSR count). The number of carbonyl (C=O) groups is 1. The highest BCUT2D eigenvalue weighted by Gasteiger charge is 2.32. The van der Waals surface area contributed by atoms with E-state index in [1.54, 1.807) is 0 Å². The quantitative estimate of drug-likeness (QED) is 0.777. The molecule has 0 aromatic carbocycles. The fourth-order valence-corrected chi connectivity index (χ4v) is 5.94. The van der Waals surface area contributed by atoms with Gasteiger partial charge < -0.3 is 10.6 Å². The molecule has 5 unspecified atom stereocenters. The van der Waals surface area contributed by atoms with E-state index in [0.29, 0.717) is 30.6 Å². The van der Waals surface area contributed by atoms with Crippen LogP contribution in [0, 0.1) is 23.7 Å². The smallest absolute Gasteiger partial charge is 0.315 e. The number of hydrogen-bond donors (Lipinski definition) is 2. The highest BCUT2D eigenvalue weighted by atomic mass is 32.2. The zero-order chi connectivity index (χ0) is 18.6. The summed E-state index contributed by atoms with van der Waals surface area (Å²) in [6.45, 7) is 7.58. The predicted molar refractivity (Wildman–Crippen MR) is 102 cm³/mol. The second-order valence-electron chi connectivity index (χ2n) is 8.76. The van der Waals surface area contributed by atoms with Crippen LogP contribution < -0.4 is 10.6 Å². The molecule has 2 aliphatic carbocycles. The van der Waals surface area contributed by atoms with Crippen LogP contribution in [0.4, 0.5) is 4.79 Å². The lowest BCUT2D eigenvalue weighted by atomic mass is 9.70. The maximum absolute atomic E-state index is 12.3. The standard InChI is InChI=1S/C19H36N2O3S/c1-13(2)18-9-8-14(3)10-15(18)12-20-19(22)21-16-6-5-7-17(11-16)25(4,23)24/h13-18H,5-12H2,1-4H3,(H2,20,21,22). The van der Waals surface area contributed by atoms with Crippen molar-refractivity contribution < 1.29 is 13.2 Å². The highest BCUT2D eigenvalue weighted by molar-refractivity contribution is 7.91. The first-order valence-corrected chi connectivity index (χ1v) is 11.9. The van der Waals surface area contributed by atoms with Gasteiger partial charge in [0.05, 0.1) is 5.25 Å². The summed E-state index contributed by atoms with van der Waals surface area (Å²) in [5.41, 5.74) is 0. The van der Waals surface area contributed by atoms with E-state index in [4.69, 9.17) is 0 Å². The van der Waals surface area contributed by atoms with Gasteiger partial charge in [0, 0.05) is 18.8 Å². The van der Waals surface area contributed by atoms with Gasteiger partial charge >= 0.3 is 6.03 Å². The van der Waals surface area contributed by atoms with Crippen LogP contribution in [0.15, 0.2) is 0 Å². The molecule has 146 valence electrons. The average molecular weight is 373 g/mol. The van der Waals surface area contributed by atoms with Gasteiger partial charge in [0.1, 0.15) is 9.84 Å². The van der Waals surface area contributed by atoms with E-state index < -0.39 is 9.84 Å². The third kappa shape index (κ3) is 6.15. The molecule has 0 radical (unpaired) electrons. The summed E-state index contributed by atoms with van der Waals surface area (Å²) in [5.74, 6) is 2.61. The van der Waals surface area contributed by atoms with E-state index in [-0.39, 0.29) is 17.3 Å². The molecule has 25 heavy (non-hydrogen) atoms. The minimum atomic E-state index is -3.02. The molecule has 6 heteroatoms. The second-order valence-corrected chi connectivity index (χ2v) is 11.1. The van der Waals surface area contributed by atoms with Crippen LogP contribution in [0.5, 0.6) is 0 Å². The zero-order valence-electron chi connectivity index (χ0n) is 16.3. The molecule has 2 aliphatic rings. The summed E-state index contributed by atoms with van der Waals surface area (Å²) in [7, 11) is -3.02. The topological polar surface area (TPSA) is 75.3 Å². The fourth-order valence-electron chi connectivity index (χ4n) is 4.76.